The first kappa shape index (κ1) is 36.6. The van der Waals surface area contributed by atoms with Crippen molar-refractivity contribution in [3.8, 4) is 32.9 Å². The summed E-state index contributed by atoms with van der Waals surface area (Å²) in [4.78, 5) is 40.1. The van der Waals surface area contributed by atoms with E-state index in [0.29, 0.717) is 34.3 Å². The third kappa shape index (κ3) is 12.2. The molecule has 2 N–H and O–H groups in total. The summed E-state index contributed by atoms with van der Waals surface area (Å²) in [6, 6.07) is 3.37. The molecule has 0 aliphatic rings. The molecular formula is C26H30BBrN7O6S3. The minimum absolute atomic E-state index is 0.181. The van der Waals surface area contributed by atoms with E-state index in [0.717, 1.165) is 13.8 Å². The number of nitrogens with one attached hydrogen (secondary N) is 2. The van der Waals surface area contributed by atoms with Crippen molar-refractivity contribution in [2.75, 3.05) is 24.9 Å². The maximum absolute atomic E-state index is 11.6. The molecular weight excluding hydrogens is 693 g/mol. The van der Waals surface area contributed by atoms with Crippen LogP contribution >= 0.6 is 51.4 Å². The maximum atomic E-state index is 11.6. The predicted molar refractivity (Wildman–Crippen MR) is 179 cm³/mol. The molecule has 2 amide bonds. The van der Waals surface area contributed by atoms with E-state index in [1.807, 2.05) is 5.38 Å². The number of ether oxygens (including phenoxy) is 4. The van der Waals surface area contributed by atoms with Crippen LogP contribution in [0.15, 0.2) is 50.4 Å². The molecule has 0 saturated carbocycles. The van der Waals surface area contributed by atoms with Gasteiger partial charge >= 0.3 is 36.9 Å². The summed E-state index contributed by atoms with van der Waals surface area (Å²) in [5, 5.41) is 8.56. The molecule has 0 aliphatic heterocycles. The van der Waals surface area contributed by atoms with Gasteiger partial charge in [0.05, 0.1) is 60.2 Å². The van der Waals surface area contributed by atoms with Gasteiger partial charge in [-0.2, -0.15) is 0 Å². The molecule has 0 bridgehead atoms. The van der Waals surface area contributed by atoms with Crippen molar-refractivity contribution >= 4 is 82.6 Å². The Labute approximate surface area is 278 Å². The molecule has 1 radical (unpaired) electrons. The molecule has 0 saturated heterocycles. The van der Waals surface area contributed by atoms with Gasteiger partial charge in [0.1, 0.15) is 32.9 Å². The van der Waals surface area contributed by atoms with Crippen LogP contribution < -0.4 is 20.1 Å². The second kappa shape index (κ2) is 18.9. The summed E-state index contributed by atoms with van der Waals surface area (Å²) in [7, 11) is 7.42. The van der Waals surface area contributed by atoms with Crippen LogP contribution in [0.5, 0.6) is 11.5 Å². The Balaban J connectivity index is 0.000000282. The van der Waals surface area contributed by atoms with E-state index in [1.54, 1.807) is 72.6 Å². The van der Waals surface area contributed by atoms with Gasteiger partial charge in [-0.1, -0.05) is 0 Å². The molecule has 4 aromatic heterocycles. The summed E-state index contributed by atoms with van der Waals surface area (Å²) in [6.07, 6.45) is 5.06. The summed E-state index contributed by atoms with van der Waals surface area (Å²) in [5.41, 5.74) is 2.27. The number of rotatable bonds is 8. The van der Waals surface area contributed by atoms with Gasteiger partial charge in [0.15, 0.2) is 0 Å². The Kier molecular flexibility index (Phi) is 15.7. The van der Waals surface area contributed by atoms with Crippen molar-refractivity contribution in [2.45, 2.75) is 39.9 Å². The molecule has 44 heavy (non-hydrogen) atoms. The number of amides is 2. The van der Waals surface area contributed by atoms with Crippen LogP contribution in [0.1, 0.15) is 27.7 Å². The van der Waals surface area contributed by atoms with Gasteiger partial charge < -0.3 is 18.9 Å². The molecule has 0 aromatic carbocycles. The predicted octanol–water partition coefficient (Wildman–Crippen LogP) is 7.29. The number of aromatic nitrogens is 4. The van der Waals surface area contributed by atoms with Gasteiger partial charge in [0.25, 0.3) is 0 Å². The van der Waals surface area contributed by atoms with Crippen LogP contribution in [0, 0.1) is 0 Å². The molecule has 233 valence electrons. The zero-order valence-electron chi connectivity index (χ0n) is 24.6. The molecule has 0 atom stereocenters. The Morgan fingerprint density at radius 2 is 1.34 bits per heavy atom. The van der Waals surface area contributed by atoms with E-state index in [4.69, 9.17) is 18.9 Å². The molecule has 13 nitrogen and oxygen atoms in total. The Bertz CT molecular complexity index is 1510. The average Bonchev–Trinajstić information content (AvgIpc) is 3.65. The third-order valence-corrected chi connectivity index (χ3v) is 6.90. The van der Waals surface area contributed by atoms with Crippen molar-refractivity contribution in [3.63, 3.8) is 0 Å². The van der Waals surface area contributed by atoms with Crippen LogP contribution in [-0.2, 0) is 9.47 Å². The average molecular weight is 723 g/mol. The number of thiol groups is 1. The van der Waals surface area contributed by atoms with Crippen molar-refractivity contribution < 1.29 is 28.5 Å². The van der Waals surface area contributed by atoms with E-state index in [-0.39, 0.29) is 12.2 Å². The van der Waals surface area contributed by atoms with Crippen molar-refractivity contribution in [1.82, 2.24) is 19.9 Å². The summed E-state index contributed by atoms with van der Waals surface area (Å²) in [5.74, 6) is 1.07. The van der Waals surface area contributed by atoms with Crippen LogP contribution in [0.2, 0.25) is 0 Å². The second-order valence-corrected chi connectivity index (χ2v) is 12.2. The number of carbonyl (C=O) groups excluding carboxylic acids is 2. The summed E-state index contributed by atoms with van der Waals surface area (Å²) >= 11 is 9.47. The molecule has 0 aliphatic carbocycles. The molecule has 0 spiro atoms. The van der Waals surface area contributed by atoms with Gasteiger partial charge in [-0.3, -0.25) is 10.6 Å². The van der Waals surface area contributed by atoms with Crippen LogP contribution in [0.25, 0.3) is 21.4 Å². The first-order chi connectivity index (χ1) is 21.0. The number of anilines is 2. The second-order valence-electron chi connectivity index (χ2n) is 8.63. The molecule has 4 aromatic rings. The third-order valence-electron chi connectivity index (χ3n) is 4.64. The first-order valence-electron chi connectivity index (χ1n) is 12.6. The monoisotopic (exact) mass is 722 g/mol. The Morgan fingerprint density at radius 1 is 0.864 bits per heavy atom. The molecule has 4 heterocycles. The number of methoxy groups -OCH3 is 2. The van der Waals surface area contributed by atoms with E-state index in [1.165, 1.54) is 28.9 Å². The van der Waals surface area contributed by atoms with E-state index < -0.39 is 12.2 Å². The Hall–Kier alpha value is -3.61. The van der Waals surface area contributed by atoms with Crippen LogP contribution in [-0.4, -0.2) is 66.2 Å². The number of pyridine rings is 2. The zero-order chi connectivity index (χ0) is 32.6. The molecule has 0 unspecified atom stereocenters. The fraction of sp³-hybridized carbons (Fsp3) is 0.308. The standard InChI is InChI=1S/C13H14BrN3O3S.C13H15N3O3S.BHNS/c1-7(2)20-13(18)17-8-4-9(19-3)11(15-5-8)12-16-6-10(14)21-12;1-8(2)19-13(17)16-9-6-10(18-3)11(15-7-9)12-14-4-5-20-12;1-2-3/h4-7H,1-3H3,(H,17,18);4-8H,1-3H3,(H,16,17);3H. The SMILES string of the molecule is COc1cc(NC(=O)OC(C)C)cnc1-c1ncc(Br)s1.COc1cc(NC(=O)OC(C)C)cnc1-c1nccs1.[B]=NS. The number of halogens is 1. The van der Waals surface area contributed by atoms with Gasteiger partial charge in [-0.05, 0) is 43.6 Å². The summed E-state index contributed by atoms with van der Waals surface area (Å²) < 4.78 is 24.2. The van der Waals surface area contributed by atoms with E-state index in [2.05, 4.69) is 71.3 Å². The molecule has 0 fully saturated rings. The van der Waals surface area contributed by atoms with Crippen molar-refractivity contribution in [1.29, 1.82) is 0 Å². The Morgan fingerprint density at radius 3 is 1.70 bits per heavy atom. The zero-order valence-corrected chi connectivity index (χ0v) is 28.7. The number of thiazole rings is 2. The van der Waals surface area contributed by atoms with Crippen LogP contribution in [0.3, 0.4) is 0 Å². The van der Waals surface area contributed by atoms with E-state index >= 15 is 0 Å². The van der Waals surface area contributed by atoms with Crippen molar-refractivity contribution in [2.24, 2.45) is 4.30 Å². The number of carbonyl (C=O) groups is 2. The number of hydrogen-bond acceptors (Lipinski definition) is 14. The fourth-order valence-electron chi connectivity index (χ4n) is 3.09. The molecule has 4 rings (SSSR count). The van der Waals surface area contributed by atoms with Crippen molar-refractivity contribution in [3.05, 3.63) is 46.1 Å². The normalized spacial score (nSPS) is 10.0. The number of nitrogens with zero attached hydrogens (tertiary/aromatic N) is 5. The topological polar surface area (TPSA) is 159 Å². The van der Waals surface area contributed by atoms with Gasteiger partial charge in [-0.15, -0.1) is 22.7 Å². The van der Waals surface area contributed by atoms with Crippen LogP contribution in [0.4, 0.5) is 21.0 Å². The molecule has 18 heteroatoms. The van der Waals surface area contributed by atoms with E-state index in [9.17, 15) is 9.59 Å². The minimum atomic E-state index is -0.529. The van der Waals surface area contributed by atoms with Gasteiger partial charge in [0.2, 0.25) is 0 Å². The van der Waals surface area contributed by atoms with Gasteiger partial charge in [0, 0.05) is 23.7 Å². The van der Waals surface area contributed by atoms with Gasteiger partial charge in [-0.25, -0.2) is 29.5 Å². The summed E-state index contributed by atoms with van der Waals surface area (Å²) in [6.45, 7) is 7.12. The quantitative estimate of drug-likeness (QED) is 0.125. The number of hydrogen-bond donors (Lipinski definition) is 3. The fourth-order valence-corrected chi connectivity index (χ4v) is 4.93. The first-order valence-corrected chi connectivity index (χ1v) is 15.5.